The van der Waals surface area contributed by atoms with Crippen molar-refractivity contribution in [2.45, 2.75) is 18.4 Å². The second kappa shape index (κ2) is 8.68. The van der Waals surface area contributed by atoms with E-state index in [9.17, 15) is 13.2 Å². The van der Waals surface area contributed by atoms with Gasteiger partial charge in [-0.15, -0.1) is 0 Å². The Balaban J connectivity index is 1.98. The molecule has 26 heavy (non-hydrogen) atoms. The highest BCUT2D eigenvalue weighted by atomic mass is 32.2. The van der Waals surface area contributed by atoms with Crippen LogP contribution in [0.25, 0.3) is 0 Å². The topological polar surface area (TPSA) is 93.7 Å². The molecule has 2 N–H and O–H groups in total. The molecule has 140 valence electrons. The highest BCUT2D eigenvalue weighted by Gasteiger charge is 2.21. The van der Waals surface area contributed by atoms with Gasteiger partial charge in [-0.3, -0.25) is 4.79 Å². The van der Waals surface area contributed by atoms with E-state index in [4.69, 9.17) is 9.47 Å². The van der Waals surface area contributed by atoms with Crippen LogP contribution >= 0.6 is 0 Å². The first-order valence-corrected chi connectivity index (χ1v) is 9.38. The largest absolute Gasteiger partial charge is 0.497 e. The van der Waals surface area contributed by atoms with Gasteiger partial charge in [0.1, 0.15) is 16.4 Å². The predicted molar refractivity (Wildman–Crippen MR) is 97.8 cm³/mol. The molecule has 2 aromatic carbocycles. The fourth-order valence-electron chi connectivity index (χ4n) is 2.32. The Kier molecular flexibility index (Phi) is 6.59. The van der Waals surface area contributed by atoms with Crippen LogP contribution in [0.3, 0.4) is 0 Å². The van der Waals surface area contributed by atoms with Gasteiger partial charge in [-0.05, 0) is 24.6 Å². The fourth-order valence-corrected chi connectivity index (χ4v) is 3.45. The lowest BCUT2D eigenvalue weighted by molar-refractivity contribution is -0.120. The summed E-state index contributed by atoms with van der Waals surface area (Å²) < 4.78 is 37.3. The summed E-state index contributed by atoms with van der Waals surface area (Å²) in [6.45, 7) is 1.92. The second-order valence-corrected chi connectivity index (χ2v) is 7.34. The smallest absolute Gasteiger partial charge is 0.244 e. The maximum absolute atomic E-state index is 12.4. The van der Waals surface area contributed by atoms with Crippen molar-refractivity contribution in [2.24, 2.45) is 0 Å². The molecular formula is C18H22N2O5S. The molecule has 0 saturated heterocycles. The van der Waals surface area contributed by atoms with E-state index in [1.807, 2.05) is 31.2 Å². The Labute approximate surface area is 153 Å². The number of methoxy groups -OCH3 is 2. The minimum atomic E-state index is -3.90. The molecular weight excluding hydrogens is 356 g/mol. The predicted octanol–water partition coefficient (Wildman–Crippen LogP) is 1.61. The Morgan fingerprint density at radius 1 is 1.08 bits per heavy atom. The molecule has 0 aliphatic carbocycles. The first-order valence-electron chi connectivity index (χ1n) is 7.89. The molecule has 1 amide bonds. The third-order valence-corrected chi connectivity index (χ3v) is 5.10. The maximum atomic E-state index is 12.4. The average molecular weight is 378 g/mol. The second-order valence-electron chi connectivity index (χ2n) is 5.61. The van der Waals surface area contributed by atoms with Gasteiger partial charge in [0.15, 0.2) is 0 Å². The molecule has 7 nitrogen and oxygen atoms in total. The Morgan fingerprint density at radius 2 is 1.85 bits per heavy atom. The van der Waals surface area contributed by atoms with Gasteiger partial charge in [0.25, 0.3) is 0 Å². The van der Waals surface area contributed by atoms with Crippen molar-refractivity contribution in [1.82, 2.24) is 10.0 Å². The van der Waals surface area contributed by atoms with Crippen LogP contribution in [0.15, 0.2) is 47.4 Å². The molecule has 0 unspecified atom stereocenters. The molecule has 2 rings (SSSR count). The van der Waals surface area contributed by atoms with E-state index < -0.39 is 15.9 Å². The summed E-state index contributed by atoms with van der Waals surface area (Å²) in [6, 6.07) is 12.0. The molecule has 0 atom stereocenters. The molecule has 0 saturated carbocycles. The number of sulfonamides is 1. The number of hydrogen-bond acceptors (Lipinski definition) is 5. The average Bonchev–Trinajstić information content (AvgIpc) is 2.64. The molecule has 0 spiro atoms. The SMILES string of the molecule is COc1ccc(S(=O)(=O)NCC(=O)NCc2cccc(C)c2)c(OC)c1. The quantitative estimate of drug-likeness (QED) is 0.728. The number of benzene rings is 2. The van der Waals surface area contributed by atoms with E-state index >= 15 is 0 Å². The third kappa shape index (κ3) is 5.21. The van der Waals surface area contributed by atoms with Crippen LogP contribution in [0.2, 0.25) is 0 Å². The van der Waals surface area contributed by atoms with Gasteiger partial charge in [-0.1, -0.05) is 29.8 Å². The number of aryl methyl sites for hydroxylation is 1. The number of ether oxygens (including phenoxy) is 2. The van der Waals surface area contributed by atoms with Crippen LogP contribution in [0.4, 0.5) is 0 Å². The van der Waals surface area contributed by atoms with Crippen molar-refractivity contribution >= 4 is 15.9 Å². The summed E-state index contributed by atoms with van der Waals surface area (Å²) in [6.07, 6.45) is 0. The lowest BCUT2D eigenvalue weighted by Gasteiger charge is -2.12. The van der Waals surface area contributed by atoms with Crippen molar-refractivity contribution in [2.75, 3.05) is 20.8 Å². The van der Waals surface area contributed by atoms with Crippen molar-refractivity contribution < 1.29 is 22.7 Å². The van der Waals surface area contributed by atoms with Crippen LogP contribution in [-0.4, -0.2) is 35.1 Å². The number of rotatable bonds is 8. The van der Waals surface area contributed by atoms with E-state index in [0.29, 0.717) is 12.3 Å². The number of nitrogens with one attached hydrogen (secondary N) is 2. The minimum absolute atomic E-state index is 0.0627. The van der Waals surface area contributed by atoms with E-state index in [-0.39, 0.29) is 17.2 Å². The molecule has 8 heteroatoms. The fraction of sp³-hybridized carbons (Fsp3) is 0.278. The van der Waals surface area contributed by atoms with Crippen LogP contribution in [0, 0.1) is 6.92 Å². The summed E-state index contributed by atoms with van der Waals surface area (Å²) in [5.41, 5.74) is 2.03. The zero-order valence-corrected chi connectivity index (χ0v) is 15.7. The van der Waals surface area contributed by atoms with Gasteiger partial charge >= 0.3 is 0 Å². The van der Waals surface area contributed by atoms with Gasteiger partial charge < -0.3 is 14.8 Å². The summed E-state index contributed by atoms with van der Waals surface area (Å²) in [5, 5.41) is 2.68. The van der Waals surface area contributed by atoms with Crippen molar-refractivity contribution in [1.29, 1.82) is 0 Å². The van der Waals surface area contributed by atoms with Gasteiger partial charge in [-0.2, -0.15) is 0 Å². The summed E-state index contributed by atoms with van der Waals surface area (Å²) in [5.74, 6) is 0.177. The molecule has 0 aliphatic rings. The molecule has 0 fully saturated rings. The minimum Gasteiger partial charge on any atom is -0.497 e. The first kappa shape index (κ1) is 19.7. The Hall–Kier alpha value is -2.58. The highest BCUT2D eigenvalue weighted by molar-refractivity contribution is 7.89. The molecule has 0 bridgehead atoms. The monoisotopic (exact) mass is 378 g/mol. The Bertz CT molecular complexity index is 881. The van der Waals surface area contributed by atoms with E-state index in [1.165, 1.54) is 32.4 Å². The van der Waals surface area contributed by atoms with E-state index in [2.05, 4.69) is 10.0 Å². The molecule has 0 aromatic heterocycles. The third-order valence-electron chi connectivity index (χ3n) is 3.66. The van der Waals surface area contributed by atoms with Gasteiger partial charge in [0.05, 0.1) is 20.8 Å². The molecule has 0 aliphatic heterocycles. The lowest BCUT2D eigenvalue weighted by Crippen LogP contribution is -2.36. The van der Waals surface area contributed by atoms with Crippen LogP contribution in [-0.2, 0) is 21.4 Å². The van der Waals surface area contributed by atoms with Crippen molar-refractivity contribution in [3.05, 3.63) is 53.6 Å². The maximum Gasteiger partial charge on any atom is 0.244 e. The molecule has 0 radical (unpaired) electrons. The van der Waals surface area contributed by atoms with Crippen LogP contribution in [0.1, 0.15) is 11.1 Å². The zero-order valence-electron chi connectivity index (χ0n) is 14.9. The molecule has 2 aromatic rings. The number of carbonyl (C=O) groups is 1. The lowest BCUT2D eigenvalue weighted by atomic mass is 10.1. The van der Waals surface area contributed by atoms with Crippen molar-refractivity contribution in [3.8, 4) is 11.5 Å². The normalized spacial score (nSPS) is 11.0. The Morgan fingerprint density at radius 3 is 2.50 bits per heavy atom. The molecule has 0 heterocycles. The van der Waals surface area contributed by atoms with Gasteiger partial charge in [0.2, 0.25) is 15.9 Å². The van der Waals surface area contributed by atoms with E-state index in [1.54, 1.807) is 0 Å². The number of amides is 1. The number of hydrogen-bond donors (Lipinski definition) is 2. The van der Waals surface area contributed by atoms with Crippen LogP contribution in [0.5, 0.6) is 11.5 Å². The van der Waals surface area contributed by atoms with Crippen molar-refractivity contribution in [3.63, 3.8) is 0 Å². The summed E-state index contributed by atoms with van der Waals surface area (Å²) in [4.78, 5) is 11.9. The van der Waals surface area contributed by atoms with E-state index in [0.717, 1.165) is 11.1 Å². The standard InChI is InChI=1S/C18H22N2O5S/c1-13-5-4-6-14(9-13)11-19-18(21)12-20-26(22,23)17-8-7-15(24-2)10-16(17)25-3/h4-10,20H,11-12H2,1-3H3,(H,19,21). The number of carbonyl (C=O) groups excluding carboxylic acids is 1. The highest BCUT2D eigenvalue weighted by Crippen LogP contribution is 2.28. The van der Waals surface area contributed by atoms with Crippen LogP contribution < -0.4 is 19.5 Å². The van der Waals surface area contributed by atoms with Gasteiger partial charge in [0, 0.05) is 12.6 Å². The summed E-state index contributed by atoms with van der Waals surface area (Å²) in [7, 11) is -1.07. The zero-order chi connectivity index (χ0) is 19.2. The first-order chi connectivity index (χ1) is 12.4. The van der Waals surface area contributed by atoms with Gasteiger partial charge in [-0.25, -0.2) is 13.1 Å². The summed E-state index contributed by atoms with van der Waals surface area (Å²) >= 11 is 0.